The van der Waals surface area contributed by atoms with Crippen LogP contribution in [0.5, 0.6) is 11.6 Å². The van der Waals surface area contributed by atoms with Crippen LogP contribution < -0.4 is 10.1 Å². The van der Waals surface area contributed by atoms with Gasteiger partial charge in [-0.2, -0.15) is 0 Å². The highest BCUT2D eigenvalue weighted by atomic mass is 16.5. The SMILES string of the molecule is Cc1cc(C=O)cnc1Oc1ccc2c(c1)CCC(=O)N2. The summed E-state index contributed by atoms with van der Waals surface area (Å²) in [5.74, 6) is 1.18. The normalized spacial score (nSPS) is 13.3. The molecular formula is C16H14N2O3. The van der Waals surface area contributed by atoms with Crippen LogP contribution in [0, 0.1) is 6.92 Å². The number of pyridine rings is 1. The molecular weight excluding hydrogens is 268 g/mol. The maximum Gasteiger partial charge on any atom is 0.224 e. The van der Waals surface area contributed by atoms with Gasteiger partial charge in [-0.3, -0.25) is 9.59 Å². The van der Waals surface area contributed by atoms with Gasteiger partial charge in [-0.25, -0.2) is 4.98 Å². The van der Waals surface area contributed by atoms with Crippen molar-refractivity contribution in [3.63, 3.8) is 0 Å². The van der Waals surface area contributed by atoms with Gasteiger partial charge in [-0.15, -0.1) is 0 Å². The molecule has 5 heteroatoms. The van der Waals surface area contributed by atoms with Gasteiger partial charge in [-0.1, -0.05) is 0 Å². The van der Waals surface area contributed by atoms with Crippen molar-refractivity contribution in [2.75, 3.05) is 5.32 Å². The van der Waals surface area contributed by atoms with Crippen LogP contribution in [0.3, 0.4) is 0 Å². The minimum atomic E-state index is 0.0399. The summed E-state index contributed by atoms with van der Waals surface area (Å²) < 4.78 is 5.76. The first kappa shape index (κ1) is 13.3. The summed E-state index contributed by atoms with van der Waals surface area (Å²) in [4.78, 5) is 26.2. The van der Waals surface area contributed by atoms with Crippen molar-refractivity contribution >= 4 is 17.9 Å². The zero-order valence-corrected chi connectivity index (χ0v) is 11.6. The van der Waals surface area contributed by atoms with E-state index >= 15 is 0 Å². The third kappa shape index (κ3) is 2.76. The van der Waals surface area contributed by atoms with E-state index in [1.54, 1.807) is 12.1 Å². The van der Waals surface area contributed by atoms with E-state index in [1.807, 2.05) is 19.1 Å². The Bertz CT molecular complexity index is 725. The molecule has 0 unspecified atom stereocenters. The van der Waals surface area contributed by atoms with Crippen LogP contribution in [0.4, 0.5) is 5.69 Å². The Morgan fingerprint density at radius 2 is 2.14 bits per heavy atom. The number of nitrogens with one attached hydrogen (secondary N) is 1. The summed E-state index contributed by atoms with van der Waals surface area (Å²) in [5.41, 5.74) is 3.20. The lowest BCUT2D eigenvalue weighted by Crippen LogP contribution is -2.18. The number of hydrogen-bond acceptors (Lipinski definition) is 4. The topological polar surface area (TPSA) is 68.3 Å². The molecule has 2 heterocycles. The van der Waals surface area contributed by atoms with E-state index in [9.17, 15) is 9.59 Å². The van der Waals surface area contributed by atoms with Crippen molar-refractivity contribution in [3.8, 4) is 11.6 Å². The van der Waals surface area contributed by atoms with Gasteiger partial charge >= 0.3 is 0 Å². The Morgan fingerprint density at radius 1 is 1.29 bits per heavy atom. The molecule has 0 aliphatic carbocycles. The molecule has 1 aromatic heterocycles. The smallest absolute Gasteiger partial charge is 0.224 e. The fraction of sp³-hybridized carbons (Fsp3) is 0.188. The van der Waals surface area contributed by atoms with Crippen LogP contribution in [0.1, 0.15) is 27.9 Å². The Morgan fingerprint density at radius 3 is 2.90 bits per heavy atom. The highest BCUT2D eigenvalue weighted by Gasteiger charge is 2.15. The van der Waals surface area contributed by atoms with Crippen molar-refractivity contribution in [1.82, 2.24) is 4.98 Å². The van der Waals surface area contributed by atoms with Crippen molar-refractivity contribution < 1.29 is 14.3 Å². The molecule has 1 aromatic carbocycles. The van der Waals surface area contributed by atoms with Gasteiger partial charge in [0, 0.05) is 29.4 Å². The van der Waals surface area contributed by atoms with Gasteiger partial charge in [0.25, 0.3) is 0 Å². The highest BCUT2D eigenvalue weighted by Crippen LogP contribution is 2.30. The highest BCUT2D eigenvalue weighted by molar-refractivity contribution is 5.94. The molecule has 0 bridgehead atoms. The van der Waals surface area contributed by atoms with E-state index in [0.29, 0.717) is 30.0 Å². The van der Waals surface area contributed by atoms with Gasteiger partial charge < -0.3 is 10.1 Å². The largest absolute Gasteiger partial charge is 0.439 e. The van der Waals surface area contributed by atoms with Crippen LogP contribution in [0.15, 0.2) is 30.5 Å². The van der Waals surface area contributed by atoms with E-state index < -0.39 is 0 Å². The average Bonchev–Trinajstić information content (AvgIpc) is 2.49. The second kappa shape index (κ2) is 5.36. The minimum Gasteiger partial charge on any atom is -0.439 e. The molecule has 106 valence electrons. The van der Waals surface area contributed by atoms with Crippen LogP contribution in [-0.2, 0) is 11.2 Å². The molecule has 0 saturated heterocycles. The molecule has 5 nitrogen and oxygen atoms in total. The number of rotatable bonds is 3. The van der Waals surface area contributed by atoms with E-state index in [2.05, 4.69) is 10.3 Å². The van der Waals surface area contributed by atoms with Gasteiger partial charge in [0.1, 0.15) is 5.75 Å². The summed E-state index contributed by atoms with van der Waals surface area (Å²) >= 11 is 0. The van der Waals surface area contributed by atoms with E-state index in [0.717, 1.165) is 23.1 Å². The number of benzene rings is 1. The molecule has 1 N–H and O–H groups in total. The van der Waals surface area contributed by atoms with Crippen LogP contribution in [0.25, 0.3) is 0 Å². The summed E-state index contributed by atoms with van der Waals surface area (Å²) in [6, 6.07) is 7.26. The summed E-state index contributed by atoms with van der Waals surface area (Å²) in [6.07, 6.45) is 3.43. The maximum absolute atomic E-state index is 11.3. The third-order valence-corrected chi connectivity index (χ3v) is 3.37. The first-order chi connectivity index (χ1) is 10.2. The lowest BCUT2D eigenvalue weighted by atomic mass is 10.0. The van der Waals surface area contributed by atoms with Crippen molar-refractivity contribution in [1.29, 1.82) is 0 Å². The molecule has 0 saturated carbocycles. The van der Waals surface area contributed by atoms with Gasteiger partial charge in [0.2, 0.25) is 11.8 Å². The van der Waals surface area contributed by atoms with Crippen LogP contribution >= 0.6 is 0 Å². The number of amides is 1. The molecule has 0 spiro atoms. The first-order valence-corrected chi connectivity index (χ1v) is 6.68. The number of carbonyl (C=O) groups excluding carboxylic acids is 2. The average molecular weight is 282 g/mol. The number of ether oxygens (including phenoxy) is 1. The lowest BCUT2D eigenvalue weighted by Gasteiger charge is -2.17. The van der Waals surface area contributed by atoms with Gasteiger partial charge in [-0.05, 0) is 43.2 Å². The molecule has 0 radical (unpaired) electrons. The van der Waals surface area contributed by atoms with Crippen LogP contribution in [-0.4, -0.2) is 17.2 Å². The number of anilines is 1. The molecule has 1 aliphatic heterocycles. The minimum absolute atomic E-state index is 0.0399. The second-order valence-corrected chi connectivity index (χ2v) is 4.98. The quantitative estimate of drug-likeness (QED) is 0.879. The monoisotopic (exact) mass is 282 g/mol. The predicted octanol–water partition coefficient (Wildman–Crippen LogP) is 2.88. The first-order valence-electron chi connectivity index (χ1n) is 6.68. The Labute approximate surface area is 122 Å². The van der Waals surface area contributed by atoms with Gasteiger partial charge in [0.15, 0.2) is 6.29 Å². The fourth-order valence-electron chi connectivity index (χ4n) is 2.29. The van der Waals surface area contributed by atoms with E-state index in [4.69, 9.17) is 4.74 Å². The van der Waals surface area contributed by atoms with Crippen molar-refractivity contribution in [2.45, 2.75) is 19.8 Å². The third-order valence-electron chi connectivity index (χ3n) is 3.37. The van der Waals surface area contributed by atoms with Crippen molar-refractivity contribution in [2.24, 2.45) is 0 Å². The van der Waals surface area contributed by atoms with E-state index in [-0.39, 0.29) is 5.91 Å². The summed E-state index contributed by atoms with van der Waals surface area (Å²) in [7, 11) is 0. The number of carbonyl (C=O) groups is 2. The van der Waals surface area contributed by atoms with Crippen LogP contribution in [0.2, 0.25) is 0 Å². The predicted molar refractivity (Wildman–Crippen MR) is 77.8 cm³/mol. The number of aldehydes is 1. The van der Waals surface area contributed by atoms with E-state index in [1.165, 1.54) is 6.20 Å². The Balaban J connectivity index is 1.85. The molecule has 1 amide bonds. The molecule has 0 atom stereocenters. The van der Waals surface area contributed by atoms with Crippen molar-refractivity contribution in [3.05, 3.63) is 47.2 Å². The second-order valence-electron chi connectivity index (χ2n) is 4.98. The lowest BCUT2D eigenvalue weighted by molar-refractivity contribution is -0.116. The Hall–Kier alpha value is -2.69. The standard InChI is InChI=1S/C16H14N2O3/c1-10-6-11(9-19)8-17-16(10)21-13-3-4-14-12(7-13)2-5-15(20)18-14/h3-4,6-9H,2,5H2,1H3,(H,18,20). The summed E-state index contributed by atoms with van der Waals surface area (Å²) in [6.45, 7) is 1.84. The summed E-state index contributed by atoms with van der Waals surface area (Å²) in [5, 5.41) is 2.83. The zero-order valence-electron chi connectivity index (χ0n) is 11.6. The fourth-order valence-corrected chi connectivity index (χ4v) is 2.29. The number of fused-ring (bicyclic) bond motifs is 1. The molecule has 2 aromatic rings. The zero-order chi connectivity index (χ0) is 14.8. The Kier molecular flexibility index (Phi) is 3.39. The molecule has 1 aliphatic rings. The molecule has 21 heavy (non-hydrogen) atoms. The number of nitrogens with zero attached hydrogens (tertiary/aromatic N) is 1. The number of aromatic nitrogens is 1. The number of hydrogen-bond donors (Lipinski definition) is 1. The van der Waals surface area contributed by atoms with Gasteiger partial charge in [0.05, 0.1) is 0 Å². The molecule has 3 rings (SSSR count). The molecule has 0 fully saturated rings. The number of aryl methyl sites for hydroxylation is 2. The maximum atomic E-state index is 11.3.